The molecular formula is C16H13FN2O2. The van der Waals surface area contributed by atoms with Crippen LogP contribution in [0, 0.1) is 17.1 Å². The molecule has 5 heteroatoms. The summed E-state index contributed by atoms with van der Waals surface area (Å²) in [5.41, 5.74) is 1.45. The van der Waals surface area contributed by atoms with E-state index in [1.165, 1.54) is 12.1 Å². The summed E-state index contributed by atoms with van der Waals surface area (Å²) in [4.78, 5) is 12.7. The lowest BCUT2D eigenvalue weighted by atomic mass is 10.1. The van der Waals surface area contributed by atoms with Gasteiger partial charge in [-0.15, -0.1) is 0 Å². The van der Waals surface area contributed by atoms with Crippen molar-refractivity contribution in [3.05, 3.63) is 65.0 Å². The van der Waals surface area contributed by atoms with Gasteiger partial charge in [-0.05, 0) is 30.3 Å². The fourth-order valence-corrected chi connectivity index (χ4v) is 2.07. The van der Waals surface area contributed by atoms with Gasteiger partial charge >= 0.3 is 5.97 Å². The van der Waals surface area contributed by atoms with Crippen LogP contribution in [0.15, 0.2) is 42.5 Å². The summed E-state index contributed by atoms with van der Waals surface area (Å²) < 4.78 is 13.8. The van der Waals surface area contributed by atoms with Gasteiger partial charge in [0.2, 0.25) is 0 Å². The topological polar surface area (TPSA) is 64.3 Å². The average molecular weight is 284 g/mol. The summed E-state index contributed by atoms with van der Waals surface area (Å²) in [6.45, 7) is 0.172. The Kier molecular flexibility index (Phi) is 4.19. The number of hydrogen-bond acceptors (Lipinski definition) is 3. The fourth-order valence-electron chi connectivity index (χ4n) is 2.07. The van der Waals surface area contributed by atoms with Crippen LogP contribution < -0.4 is 4.90 Å². The lowest BCUT2D eigenvalue weighted by Crippen LogP contribution is -2.18. The number of nitrogens with zero attached hydrogens (tertiary/aromatic N) is 2. The summed E-state index contributed by atoms with van der Waals surface area (Å²) in [5.74, 6) is -1.57. The van der Waals surface area contributed by atoms with Crippen LogP contribution in [-0.2, 0) is 6.54 Å². The zero-order valence-electron chi connectivity index (χ0n) is 11.4. The van der Waals surface area contributed by atoms with Gasteiger partial charge in [0.1, 0.15) is 11.9 Å². The largest absolute Gasteiger partial charge is 0.478 e. The molecule has 21 heavy (non-hydrogen) atoms. The van der Waals surface area contributed by atoms with Crippen molar-refractivity contribution in [2.75, 3.05) is 11.9 Å². The number of anilines is 1. The SMILES string of the molecule is CN(Cc1cc(C(=O)O)ccc1F)c1ccccc1C#N. The van der Waals surface area contributed by atoms with Crippen molar-refractivity contribution in [1.29, 1.82) is 5.26 Å². The van der Waals surface area contributed by atoms with Gasteiger partial charge in [-0.1, -0.05) is 12.1 Å². The minimum absolute atomic E-state index is 0.0355. The summed E-state index contributed by atoms with van der Waals surface area (Å²) >= 11 is 0. The molecule has 106 valence electrons. The van der Waals surface area contributed by atoms with Crippen molar-refractivity contribution in [3.8, 4) is 6.07 Å². The van der Waals surface area contributed by atoms with Gasteiger partial charge in [-0.25, -0.2) is 9.18 Å². The molecule has 0 aromatic heterocycles. The molecule has 0 amide bonds. The van der Waals surface area contributed by atoms with E-state index in [1.807, 2.05) is 0 Å². The minimum Gasteiger partial charge on any atom is -0.478 e. The molecule has 0 unspecified atom stereocenters. The van der Waals surface area contributed by atoms with Crippen molar-refractivity contribution >= 4 is 11.7 Å². The predicted molar refractivity (Wildman–Crippen MR) is 76.6 cm³/mol. The van der Waals surface area contributed by atoms with Gasteiger partial charge in [-0.3, -0.25) is 0 Å². The van der Waals surface area contributed by atoms with E-state index in [9.17, 15) is 9.18 Å². The van der Waals surface area contributed by atoms with E-state index in [1.54, 1.807) is 36.2 Å². The summed E-state index contributed by atoms with van der Waals surface area (Å²) in [6, 6.07) is 12.7. The van der Waals surface area contributed by atoms with Crippen molar-refractivity contribution in [3.63, 3.8) is 0 Å². The molecule has 0 aliphatic carbocycles. The Morgan fingerprint density at radius 3 is 2.71 bits per heavy atom. The maximum absolute atomic E-state index is 13.8. The quantitative estimate of drug-likeness (QED) is 0.937. The number of benzene rings is 2. The van der Waals surface area contributed by atoms with Crippen molar-refractivity contribution in [1.82, 2.24) is 0 Å². The first-order valence-electron chi connectivity index (χ1n) is 6.25. The molecule has 1 N–H and O–H groups in total. The normalized spacial score (nSPS) is 9.95. The second kappa shape index (κ2) is 6.06. The average Bonchev–Trinajstić information content (AvgIpc) is 2.49. The highest BCUT2D eigenvalue weighted by Crippen LogP contribution is 2.21. The first-order chi connectivity index (χ1) is 10.0. The Labute approximate surface area is 121 Å². The van der Waals surface area contributed by atoms with Crippen LogP contribution >= 0.6 is 0 Å². The van der Waals surface area contributed by atoms with E-state index in [0.717, 1.165) is 6.07 Å². The molecule has 0 radical (unpaired) electrons. The predicted octanol–water partition coefficient (Wildman–Crippen LogP) is 3.03. The molecule has 0 saturated heterocycles. The first-order valence-corrected chi connectivity index (χ1v) is 6.25. The van der Waals surface area contributed by atoms with Crippen molar-refractivity contribution < 1.29 is 14.3 Å². The van der Waals surface area contributed by atoms with Crippen LogP contribution in [0.4, 0.5) is 10.1 Å². The van der Waals surface area contributed by atoms with Crippen LogP contribution in [0.5, 0.6) is 0 Å². The standard InChI is InChI=1S/C16H13FN2O2/c1-19(15-5-3-2-4-12(15)9-18)10-13-8-11(16(20)21)6-7-14(13)17/h2-8H,10H2,1H3,(H,20,21). The molecule has 0 saturated carbocycles. The number of carbonyl (C=O) groups is 1. The maximum atomic E-state index is 13.8. The number of carboxylic acids is 1. The summed E-state index contributed by atoms with van der Waals surface area (Å²) in [6.07, 6.45) is 0. The molecule has 0 heterocycles. The van der Waals surface area contributed by atoms with E-state index in [2.05, 4.69) is 6.07 Å². The minimum atomic E-state index is -1.10. The van der Waals surface area contributed by atoms with E-state index >= 15 is 0 Å². The van der Waals surface area contributed by atoms with Crippen molar-refractivity contribution in [2.24, 2.45) is 0 Å². The highest BCUT2D eigenvalue weighted by molar-refractivity contribution is 5.87. The van der Waals surface area contributed by atoms with Crippen LogP contribution in [0.25, 0.3) is 0 Å². The molecule has 0 fully saturated rings. The molecule has 0 bridgehead atoms. The second-order valence-corrected chi connectivity index (χ2v) is 4.60. The first kappa shape index (κ1) is 14.5. The molecule has 4 nitrogen and oxygen atoms in total. The second-order valence-electron chi connectivity index (χ2n) is 4.60. The third-order valence-corrected chi connectivity index (χ3v) is 3.14. The van der Waals surface area contributed by atoms with Crippen LogP contribution in [0.2, 0.25) is 0 Å². The Balaban J connectivity index is 2.31. The van der Waals surface area contributed by atoms with Gasteiger partial charge in [0.15, 0.2) is 0 Å². The van der Waals surface area contributed by atoms with E-state index in [-0.39, 0.29) is 17.7 Å². The number of rotatable bonds is 4. The number of hydrogen-bond donors (Lipinski definition) is 1. The number of para-hydroxylation sites is 1. The number of carboxylic acid groups (broad SMARTS) is 1. The molecule has 0 spiro atoms. The van der Waals surface area contributed by atoms with Crippen molar-refractivity contribution in [2.45, 2.75) is 6.54 Å². The van der Waals surface area contributed by atoms with Gasteiger partial charge in [-0.2, -0.15) is 5.26 Å². The smallest absolute Gasteiger partial charge is 0.335 e. The third-order valence-electron chi connectivity index (χ3n) is 3.14. The Hall–Kier alpha value is -2.87. The van der Waals surface area contributed by atoms with E-state index in [0.29, 0.717) is 11.3 Å². The molecule has 2 rings (SSSR count). The zero-order chi connectivity index (χ0) is 15.4. The highest BCUT2D eigenvalue weighted by Gasteiger charge is 2.12. The van der Waals surface area contributed by atoms with Crippen LogP contribution in [0.3, 0.4) is 0 Å². The Morgan fingerprint density at radius 2 is 2.05 bits per heavy atom. The summed E-state index contributed by atoms with van der Waals surface area (Å²) in [7, 11) is 1.73. The number of halogens is 1. The van der Waals surface area contributed by atoms with Gasteiger partial charge < -0.3 is 10.0 Å². The molecule has 2 aromatic rings. The monoisotopic (exact) mass is 284 g/mol. The molecular weight excluding hydrogens is 271 g/mol. The Morgan fingerprint density at radius 1 is 1.33 bits per heavy atom. The van der Waals surface area contributed by atoms with E-state index < -0.39 is 11.8 Å². The van der Waals surface area contributed by atoms with Crippen LogP contribution in [0.1, 0.15) is 21.5 Å². The Bertz CT molecular complexity index is 722. The number of nitriles is 1. The van der Waals surface area contributed by atoms with E-state index in [4.69, 9.17) is 10.4 Å². The lowest BCUT2D eigenvalue weighted by molar-refractivity contribution is 0.0696. The van der Waals surface area contributed by atoms with Crippen LogP contribution in [-0.4, -0.2) is 18.1 Å². The van der Waals surface area contributed by atoms with Gasteiger partial charge in [0.05, 0.1) is 16.8 Å². The highest BCUT2D eigenvalue weighted by atomic mass is 19.1. The molecule has 0 aliphatic rings. The fraction of sp³-hybridized carbons (Fsp3) is 0.125. The molecule has 0 atom stereocenters. The molecule has 0 aliphatic heterocycles. The maximum Gasteiger partial charge on any atom is 0.335 e. The number of aromatic carboxylic acids is 1. The molecule has 2 aromatic carbocycles. The summed E-state index contributed by atoms with van der Waals surface area (Å²) in [5, 5.41) is 18.0. The zero-order valence-corrected chi connectivity index (χ0v) is 11.4. The van der Waals surface area contributed by atoms with Gasteiger partial charge in [0, 0.05) is 19.2 Å². The lowest BCUT2D eigenvalue weighted by Gasteiger charge is -2.21. The van der Waals surface area contributed by atoms with Gasteiger partial charge in [0.25, 0.3) is 0 Å². The third kappa shape index (κ3) is 3.18.